The lowest BCUT2D eigenvalue weighted by Crippen LogP contribution is -2.47. The van der Waals surface area contributed by atoms with Crippen LogP contribution >= 0.6 is 0 Å². The highest BCUT2D eigenvalue weighted by atomic mass is 16.1. The predicted molar refractivity (Wildman–Crippen MR) is 99.0 cm³/mol. The van der Waals surface area contributed by atoms with E-state index >= 15 is 0 Å². The van der Waals surface area contributed by atoms with Gasteiger partial charge in [-0.25, -0.2) is 0 Å². The number of aryl methyl sites for hydroxylation is 1. The fraction of sp³-hybridized carbons (Fsp3) is 0.579. The first-order chi connectivity index (χ1) is 11.6. The molecule has 0 aromatic heterocycles. The van der Waals surface area contributed by atoms with Crippen LogP contribution in [0.15, 0.2) is 29.3 Å². The van der Waals surface area contributed by atoms with Gasteiger partial charge in [-0.2, -0.15) is 0 Å². The number of amides is 1. The molecule has 1 aromatic carbocycles. The van der Waals surface area contributed by atoms with Crippen molar-refractivity contribution in [2.45, 2.75) is 39.5 Å². The van der Waals surface area contributed by atoms with Crippen molar-refractivity contribution in [3.8, 4) is 0 Å². The van der Waals surface area contributed by atoms with Crippen molar-refractivity contribution in [2.24, 2.45) is 16.6 Å². The molecule has 0 spiro atoms. The minimum absolute atomic E-state index is 0.205. The highest BCUT2D eigenvalue weighted by Gasteiger charge is 2.23. The topological polar surface area (TPSA) is 70.7 Å². The lowest BCUT2D eigenvalue weighted by Gasteiger charge is -2.34. The Balaban J connectivity index is 1.93. The zero-order chi connectivity index (χ0) is 17.4. The summed E-state index contributed by atoms with van der Waals surface area (Å²) in [5.74, 6) is 1.10. The highest BCUT2D eigenvalue weighted by Crippen LogP contribution is 2.19. The van der Waals surface area contributed by atoms with Crippen molar-refractivity contribution in [2.75, 3.05) is 26.2 Å². The van der Waals surface area contributed by atoms with Gasteiger partial charge in [0.15, 0.2) is 5.96 Å². The number of carbonyl (C=O) groups is 1. The predicted octanol–water partition coefficient (Wildman–Crippen LogP) is 2.09. The molecular weight excluding hydrogens is 300 g/mol. The minimum atomic E-state index is -0.205. The van der Waals surface area contributed by atoms with Crippen LogP contribution in [0.2, 0.25) is 0 Å². The Labute approximate surface area is 145 Å². The van der Waals surface area contributed by atoms with Crippen LogP contribution in [0.5, 0.6) is 0 Å². The largest absolute Gasteiger partial charge is 0.370 e. The molecule has 2 rings (SSSR count). The van der Waals surface area contributed by atoms with E-state index in [1.165, 1.54) is 11.1 Å². The average Bonchev–Trinajstić information content (AvgIpc) is 2.55. The van der Waals surface area contributed by atoms with Gasteiger partial charge in [0, 0.05) is 32.6 Å². The molecule has 0 radical (unpaired) electrons. The summed E-state index contributed by atoms with van der Waals surface area (Å²) in [5, 5.41) is 3.38. The monoisotopic (exact) mass is 330 g/mol. The number of benzene rings is 1. The number of nitrogens with two attached hydrogens (primary N) is 1. The first kappa shape index (κ1) is 18.3. The second kappa shape index (κ2) is 9.30. The maximum absolute atomic E-state index is 11.2. The van der Waals surface area contributed by atoms with Crippen molar-refractivity contribution in [3.05, 3.63) is 35.4 Å². The molecule has 1 amide bonds. The van der Waals surface area contributed by atoms with Gasteiger partial charge in [-0.15, -0.1) is 0 Å². The summed E-state index contributed by atoms with van der Waals surface area (Å²) >= 11 is 0. The Morgan fingerprint density at radius 3 is 2.79 bits per heavy atom. The molecule has 1 saturated heterocycles. The van der Waals surface area contributed by atoms with Gasteiger partial charge in [-0.3, -0.25) is 9.79 Å². The normalized spacial score (nSPS) is 18.5. The van der Waals surface area contributed by atoms with Crippen molar-refractivity contribution >= 4 is 11.9 Å². The van der Waals surface area contributed by atoms with E-state index in [-0.39, 0.29) is 5.91 Å². The molecule has 1 aliphatic heterocycles. The standard InChI is InChI=1S/C19H30N4O/c1-3-21-19(22-11-10-16-8-6-15(2)7-9-16)23-12-4-5-17(14-23)13-18(20)24/h6-9,17H,3-5,10-14H2,1-2H3,(H2,20,24)(H,21,22). The van der Waals surface area contributed by atoms with Gasteiger partial charge in [-0.05, 0) is 44.6 Å². The van der Waals surface area contributed by atoms with E-state index < -0.39 is 0 Å². The van der Waals surface area contributed by atoms with Crippen LogP contribution in [0.1, 0.15) is 37.3 Å². The summed E-state index contributed by atoms with van der Waals surface area (Å²) in [6.07, 6.45) is 3.57. The van der Waals surface area contributed by atoms with Crippen molar-refractivity contribution in [3.63, 3.8) is 0 Å². The van der Waals surface area contributed by atoms with Crippen LogP contribution < -0.4 is 11.1 Å². The van der Waals surface area contributed by atoms with Crippen molar-refractivity contribution in [1.29, 1.82) is 0 Å². The molecule has 0 bridgehead atoms. The van der Waals surface area contributed by atoms with Crippen molar-refractivity contribution in [1.82, 2.24) is 10.2 Å². The second-order valence-corrected chi connectivity index (χ2v) is 6.60. The number of hydrogen-bond donors (Lipinski definition) is 2. The zero-order valence-electron chi connectivity index (χ0n) is 14.9. The van der Waals surface area contributed by atoms with E-state index in [4.69, 9.17) is 10.7 Å². The van der Waals surface area contributed by atoms with Crippen LogP contribution in [0.4, 0.5) is 0 Å². The molecule has 0 aliphatic carbocycles. The summed E-state index contributed by atoms with van der Waals surface area (Å²) in [6.45, 7) is 7.65. The van der Waals surface area contributed by atoms with Gasteiger partial charge in [0.25, 0.3) is 0 Å². The number of nitrogens with one attached hydrogen (secondary N) is 1. The fourth-order valence-corrected chi connectivity index (χ4v) is 3.18. The Morgan fingerprint density at radius 1 is 1.38 bits per heavy atom. The fourth-order valence-electron chi connectivity index (χ4n) is 3.18. The molecule has 1 unspecified atom stereocenters. The summed E-state index contributed by atoms with van der Waals surface area (Å²) < 4.78 is 0. The van der Waals surface area contributed by atoms with Gasteiger partial charge in [-0.1, -0.05) is 29.8 Å². The average molecular weight is 330 g/mol. The second-order valence-electron chi connectivity index (χ2n) is 6.60. The van der Waals surface area contributed by atoms with Crippen molar-refractivity contribution < 1.29 is 4.79 Å². The molecule has 1 aromatic rings. The van der Waals surface area contributed by atoms with E-state index in [9.17, 15) is 4.79 Å². The first-order valence-electron chi connectivity index (χ1n) is 8.95. The zero-order valence-corrected chi connectivity index (χ0v) is 14.9. The number of hydrogen-bond acceptors (Lipinski definition) is 2. The van der Waals surface area contributed by atoms with Crippen LogP contribution in [-0.4, -0.2) is 42.9 Å². The molecule has 5 nitrogen and oxygen atoms in total. The van der Waals surface area contributed by atoms with Gasteiger partial charge < -0.3 is 16.0 Å². The maximum atomic E-state index is 11.2. The molecule has 1 fully saturated rings. The highest BCUT2D eigenvalue weighted by molar-refractivity contribution is 5.80. The quantitative estimate of drug-likeness (QED) is 0.620. The lowest BCUT2D eigenvalue weighted by atomic mass is 9.95. The number of piperidine rings is 1. The smallest absolute Gasteiger partial charge is 0.217 e. The molecular formula is C19H30N4O. The van der Waals surface area contributed by atoms with Crippen LogP contribution in [0.25, 0.3) is 0 Å². The first-order valence-corrected chi connectivity index (χ1v) is 8.95. The molecule has 24 heavy (non-hydrogen) atoms. The Hall–Kier alpha value is -2.04. The SMILES string of the molecule is CCNC(=NCCc1ccc(C)cc1)N1CCCC(CC(N)=O)C1. The minimum Gasteiger partial charge on any atom is -0.370 e. The molecule has 1 atom stereocenters. The van der Waals surface area contributed by atoms with Gasteiger partial charge in [0.2, 0.25) is 5.91 Å². The third kappa shape index (κ3) is 5.87. The lowest BCUT2D eigenvalue weighted by molar-refractivity contribution is -0.119. The Bertz CT molecular complexity index is 553. The number of likely N-dealkylation sites (tertiary alicyclic amines) is 1. The molecule has 132 valence electrons. The number of primary amides is 1. The molecule has 1 heterocycles. The van der Waals surface area contributed by atoms with E-state index in [0.717, 1.165) is 51.4 Å². The molecule has 1 aliphatic rings. The van der Waals surface area contributed by atoms with Crippen LogP contribution in [-0.2, 0) is 11.2 Å². The molecule has 5 heteroatoms. The number of carbonyl (C=O) groups excluding carboxylic acids is 1. The third-order valence-corrected chi connectivity index (χ3v) is 4.43. The van der Waals surface area contributed by atoms with E-state index in [1.54, 1.807) is 0 Å². The molecule has 0 saturated carbocycles. The molecule has 3 N–H and O–H groups in total. The number of guanidine groups is 1. The van der Waals surface area contributed by atoms with Crippen LogP contribution in [0.3, 0.4) is 0 Å². The number of rotatable bonds is 6. The maximum Gasteiger partial charge on any atom is 0.217 e. The van der Waals surface area contributed by atoms with E-state index in [0.29, 0.717) is 12.3 Å². The van der Waals surface area contributed by atoms with Gasteiger partial charge in [0.1, 0.15) is 0 Å². The van der Waals surface area contributed by atoms with Gasteiger partial charge >= 0.3 is 0 Å². The summed E-state index contributed by atoms with van der Waals surface area (Å²) in [6, 6.07) is 8.62. The number of aliphatic imine (C=N–C) groups is 1. The van der Waals surface area contributed by atoms with Gasteiger partial charge in [0.05, 0.1) is 0 Å². The van der Waals surface area contributed by atoms with E-state index in [2.05, 4.69) is 48.3 Å². The summed E-state index contributed by atoms with van der Waals surface area (Å²) in [5.41, 5.74) is 7.95. The summed E-state index contributed by atoms with van der Waals surface area (Å²) in [4.78, 5) is 18.2. The third-order valence-electron chi connectivity index (χ3n) is 4.43. The number of nitrogens with zero attached hydrogens (tertiary/aromatic N) is 2. The Morgan fingerprint density at radius 2 is 2.12 bits per heavy atom. The van der Waals surface area contributed by atoms with Crippen LogP contribution in [0, 0.1) is 12.8 Å². The van der Waals surface area contributed by atoms with E-state index in [1.807, 2.05) is 0 Å². The summed E-state index contributed by atoms with van der Waals surface area (Å²) in [7, 11) is 0. The Kier molecular flexibility index (Phi) is 7.09.